The average Bonchev–Trinajstić information content (AvgIpc) is 3.00. The van der Waals surface area contributed by atoms with Crippen molar-refractivity contribution in [1.29, 1.82) is 0 Å². The molecule has 0 aromatic heterocycles. The van der Waals surface area contributed by atoms with Crippen molar-refractivity contribution in [3.05, 3.63) is 59.2 Å². The van der Waals surface area contributed by atoms with E-state index in [0.29, 0.717) is 12.3 Å². The minimum absolute atomic E-state index is 0.131. The van der Waals surface area contributed by atoms with Crippen LogP contribution in [0.4, 0.5) is 0 Å². The van der Waals surface area contributed by atoms with Crippen molar-refractivity contribution < 1.29 is 17.9 Å². The molecule has 172 valence electrons. The van der Waals surface area contributed by atoms with Crippen molar-refractivity contribution in [3.8, 4) is 5.75 Å². The zero-order chi connectivity index (χ0) is 22.6. The molecule has 0 fully saturated rings. The van der Waals surface area contributed by atoms with Gasteiger partial charge in [0.1, 0.15) is 10.6 Å². The molecule has 0 saturated carbocycles. The second-order valence-electron chi connectivity index (χ2n) is 8.68. The number of hydrogen-bond acceptors (Lipinski definition) is 5. The fourth-order valence-electron chi connectivity index (χ4n) is 4.86. The molecular weight excluding hydrogens is 424 g/mol. The van der Waals surface area contributed by atoms with E-state index >= 15 is 0 Å². The van der Waals surface area contributed by atoms with Gasteiger partial charge in [0.2, 0.25) is 0 Å². The van der Waals surface area contributed by atoms with Crippen molar-refractivity contribution in [1.82, 2.24) is 9.62 Å². The minimum atomic E-state index is -3.68. The summed E-state index contributed by atoms with van der Waals surface area (Å²) in [5.41, 5.74) is 3.10. The topological polar surface area (TPSA) is 75.7 Å². The van der Waals surface area contributed by atoms with Crippen LogP contribution in [0, 0.1) is 5.92 Å². The first-order chi connectivity index (χ1) is 15.5. The summed E-state index contributed by atoms with van der Waals surface area (Å²) in [6.45, 7) is 2.03. The molecular formula is C25H32N2O4S. The fourth-order valence-corrected chi connectivity index (χ4v) is 6.47. The third kappa shape index (κ3) is 4.69. The molecule has 1 atom stereocenters. The van der Waals surface area contributed by atoms with Gasteiger partial charge in [0.15, 0.2) is 0 Å². The Bertz CT molecular complexity index is 1050. The van der Waals surface area contributed by atoms with Crippen LogP contribution >= 0.6 is 0 Å². The molecule has 0 saturated heterocycles. The molecule has 1 unspecified atom stereocenters. The first kappa shape index (κ1) is 22.8. The lowest BCUT2D eigenvalue weighted by atomic mass is 9.81. The Morgan fingerprint density at radius 2 is 1.88 bits per heavy atom. The maximum absolute atomic E-state index is 12.5. The Labute approximate surface area is 191 Å². The van der Waals surface area contributed by atoms with Crippen LogP contribution in [-0.2, 0) is 22.9 Å². The fraction of sp³-hybridized carbons (Fsp3) is 0.480. The number of nitrogens with one attached hydrogen (secondary N) is 1. The van der Waals surface area contributed by atoms with Gasteiger partial charge in [-0.05, 0) is 93.3 Å². The molecule has 6 nitrogen and oxygen atoms in total. The quantitative estimate of drug-likeness (QED) is 0.551. The van der Waals surface area contributed by atoms with E-state index in [2.05, 4.69) is 23.5 Å². The third-order valence-corrected chi connectivity index (χ3v) is 8.45. The van der Waals surface area contributed by atoms with Gasteiger partial charge in [0.25, 0.3) is 15.9 Å². The third-order valence-electron chi connectivity index (χ3n) is 6.61. The standard InChI is InChI=1S/C25H32N2O4S/c1-31-23-11-6-9-20-14-13-19(18-22(20)23)8-7-16-26-15-4-5-17-27-25(28)21-10-2-3-12-24(21)32(27,29)30/h2-3,6,9-12,19,26H,4-5,7-8,13-18H2,1H3. The summed E-state index contributed by atoms with van der Waals surface area (Å²) in [6.07, 6.45) is 7.29. The number of rotatable bonds is 10. The van der Waals surface area contributed by atoms with E-state index in [-0.39, 0.29) is 17.0 Å². The van der Waals surface area contributed by atoms with Crippen molar-refractivity contribution in [3.63, 3.8) is 0 Å². The Morgan fingerprint density at radius 1 is 1.06 bits per heavy atom. The van der Waals surface area contributed by atoms with Crippen LogP contribution in [0.1, 0.15) is 53.6 Å². The molecule has 32 heavy (non-hydrogen) atoms. The van der Waals surface area contributed by atoms with E-state index in [4.69, 9.17) is 4.74 Å². The second kappa shape index (κ2) is 10.0. The Morgan fingerprint density at radius 3 is 2.69 bits per heavy atom. The summed E-state index contributed by atoms with van der Waals surface area (Å²) < 4.78 is 31.7. The molecule has 0 spiro atoms. The van der Waals surface area contributed by atoms with E-state index in [0.717, 1.165) is 48.8 Å². The summed E-state index contributed by atoms with van der Waals surface area (Å²) in [7, 11) is -1.93. The number of benzene rings is 2. The van der Waals surface area contributed by atoms with Crippen LogP contribution in [0.3, 0.4) is 0 Å². The summed E-state index contributed by atoms with van der Waals surface area (Å²) >= 11 is 0. The number of ether oxygens (including phenoxy) is 1. The van der Waals surface area contributed by atoms with Crippen LogP contribution in [-0.4, -0.2) is 45.4 Å². The smallest absolute Gasteiger partial charge is 0.269 e. The van der Waals surface area contributed by atoms with Gasteiger partial charge in [-0.25, -0.2) is 12.7 Å². The van der Waals surface area contributed by atoms with Gasteiger partial charge in [-0.2, -0.15) is 0 Å². The number of sulfonamides is 1. The lowest BCUT2D eigenvalue weighted by molar-refractivity contribution is 0.0869. The van der Waals surface area contributed by atoms with E-state index in [9.17, 15) is 13.2 Å². The number of methoxy groups -OCH3 is 1. The predicted molar refractivity (Wildman–Crippen MR) is 125 cm³/mol. The molecule has 2 aromatic carbocycles. The Kier molecular flexibility index (Phi) is 7.16. The SMILES string of the molecule is COc1cccc2c1CC(CCCNCCCCN1C(=O)c3ccccc3S1(=O)=O)CC2. The summed E-state index contributed by atoms with van der Waals surface area (Å²) in [5.74, 6) is 1.32. The number of carbonyl (C=O) groups is 1. The molecule has 7 heteroatoms. The van der Waals surface area contributed by atoms with Crippen LogP contribution < -0.4 is 10.1 Å². The lowest BCUT2D eigenvalue weighted by Crippen LogP contribution is -2.31. The molecule has 1 heterocycles. The number of fused-ring (bicyclic) bond motifs is 2. The zero-order valence-corrected chi connectivity index (χ0v) is 19.5. The molecule has 2 aliphatic rings. The van der Waals surface area contributed by atoms with E-state index in [1.54, 1.807) is 25.3 Å². The Hall–Kier alpha value is -2.38. The van der Waals surface area contributed by atoms with Crippen molar-refractivity contribution in [2.24, 2.45) is 5.92 Å². The monoisotopic (exact) mass is 456 g/mol. The molecule has 2 aromatic rings. The van der Waals surface area contributed by atoms with E-state index in [1.807, 2.05) is 0 Å². The highest BCUT2D eigenvalue weighted by atomic mass is 32.2. The van der Waals surface area contributed by atoms with Gasteiger partial charge in [0.05, 0.1) is 12.7 Å². The number of nitrogens with zero attached hydrogens (tertiary/aromatic N) is 1. The molecule has 0 bridgehead atoms. The first-order valence-electron chi connectivity index (χ1n) is 11.5. The number of hydrogen-bond donors (Lipinski definition) is 1. The highest BCUT2D eigenvalue weighted by Crippen LogP contribution is 2.34. The lowest BCUT2D eigenvalue weighted by Gasteiger charge is -2.26. The molecule has 1 aliphatic carbocycles. The maximum Gasteiger partial charge on any atom is 0.269 e. The highest BCUT2D eigenvalue weighted by molar-refractivity contribution is 7.90. The largest absolute Gasteiger partial charge is 0.496 e. The molecule has 1 N–H and O–H groups in total. The normalized spacial score (nSPS) is 19.0. The van der Waals surface area contributed by atoms with Gasteiger partial charge >= 0.3 is 0 Å². The molecule has 0 radical (unpaired) electrons. The number of aryl methyl sites for hydroxylation is 1. The van der Waals surface area contributed by atoms with Crippen molar-refractivity contribution >= 4 is 15.9 Å². The van der Waals surface area contributed by atoms with Crippen molar-refractivity contribution in [2.45, 2.75) is 49.8 Å². The summed E-state index contributed by atoms with van der Waals surface area (Å²) in [4.78, 5) is 12.5. The zero-order valence-electron chi connectivity index (χ0n) is 18.7. The molecule has 4 rings (SSSR count). The van der Waals surface area contributed by atoms with E-state index < -0.39 is 15.9 Å². The Balaban J connectivity index is 1.12. The highest BCUT2D eigenvalue weighted by Gasteiger charge is 2.40. The number of amides is 1. The minimum Gasteiger partial charge on any atom is -0.496 e. The van der Waals surface area contributed by atoms with Gasteiger partial charge in [-0.1, -0.05) is 24.3 Å². The van der Waals surface area contributed by atoms with Crippen LogP contribution in [0.15, 0.2) is 47.4 Å². The average molecular weight is 457 g/mol. The molecule has 1 aliphatic heterocycles. The van der Waals surface area contributed by atoms with Gasteiger partial charge in [0, 0.05) is 6.54 Å². The van der Waals surface area contributed by atoms with Crippen LogP contribution in [0.25, 0.3) is 0 Å². The van der Waals surface area contributed by atoms with Gasteiger partial charge < -0.3 is 10.1 Å². The predicted octanol–water partition coefficient (Wildman–Crippen LogP) is 3.79. The number of unbranched alkanes of at least 4 members (excludes halogenated alkanes) is 1. The van der Waals surface area contributed by atoms with Gasteiger partial charge in [-0.15, -0.1) is 0 Å². The summed E-state index contributed by atoms with van der Waals surface area (Å²) in [5, 5.41) is 3.46. The van der Waals surface area contributed by atoms with Crippen molar-refractivity contribution in [2.75, 3.05) is 26.7 Å². The maximum atomic E-state index is 12.5. The first-order valence-corrected chi connectivity index (χ1v) is 13.0. The van der Waals surface area contributed by atoms with Crippen LogP contribution in [0.5, 0.6) is 5.75 Å². The summed E-state index contributed by atoms with van der Waals surface area (Å²) in [6, 6.07) is 12.8. The van der Waals surface area contributed by atoms with Crippen LogP contribution in [0.2, 0.25) is 0 Å². The van der Waals surface area contributed by atoms with Gasteiger partial charge in [-0.3, -0.25) is 4.79 Å². The second-order valence-corrected chi connectivity index (χ2v) is 10.5. The number of carbonyl (C=O) groups excluding carboxylic acids is 1. The molecule has 1 amide bonds. The van der Waals surface area contributed by atoms with E-state index in [1.165, 1.54) is 30.0 Å².